The average molecular weight is 252 g/mol. The Hall–Kier alpha value is -0.100. The highest BCUT2D eigenvalue weighted by Gasteiger charge is 1.98. The number of rotatable bonds is 2. The summed E-state index contributed by atoms with van der Waals surface area (Å²) >= 11 is 2.15. The molecule has 0 fully saturated rings. The Morgan fingerprint density at radius 2 is 2.50 bits per heavy atom. The Labute approximate surface area is 73.2 Å². The van der Waals surface area contributed by atoms with Gasteiger partial charge in [0.05, 0.1) is 13.2 Å². The minimum atomic E-state index is 0.151. The second-order valence-corrected chi connectivity index (χ2v) is 3.16. The fourth-order valence-corrected chi connectivity index (χ4v) is 1.50. The summed E-state index contributed by atoms with van der Waals surface area (Å²) in [5.74, 6) is 0. The van der Waals surface area contributed by atoms with Gasteiger partial charge >= 0.3 is 0 Å². The van der Waals surface area contributed by atoms with Gasteiger partial charge < -0.3 is 5.11 Å². The number of nitrogens with zero attached hydrogens (tertiary/aromatic N) is 2. The van der Waals surface area contributed by atoms with Crippen molar-refractivity contribution in [2.24, 2.45) is 0 Å². The molecule has 1 aromatic heterocycles. The first kappa shape index (κ1) is 8.00. The molecule has 56 valence electrons. The zero-order chi connectivity index (χ0) is 7.56. The Morgan fingerprint density at radius 1 is 1.80 bits per heavy atom. The van der Waals surface area contributed by atoms with Crippen LogP contribution in [0.25, 0.3) is 0 Å². The Balaban J connectivity index is 2.81. The smallest absolute Gasteiger partial charge is 0.123 e. The van der Waals surface area contributed by atoms with E-state index in [0.29, 0.717) is 6.54 Å². The third-order valence-corrected chi connectivity index (χ3v) is 1.79. The van der Waals surface area contributed by atoms with E-state index in [1.54, 1.807) is 4.68 Å². The number of aromatic nitrogens is 2. The lowest BCUT2D eigenvalue weighted by molar-refractivity contribution is 0.268. The standard InChI is InChI=1S/C6H9IN2O/c1-5-4-6(7)8-9(5)2-3-10/h4,10H,2-3H2,1H3. The molecule has 0 amide bonds. The molecule has 3 nitrogen and oxygen atoms in total. The first-order chi connectivity index (χ1) is 4.74. The predicted molar refractivity (Wildman–Crippen MR) is 46.8 cm³/mol. The molecule has 0 aliphatic heterocycles. The Kier molecular flexibility index (Phi) is 2.67. The minimum Gasteiger partial charge on any atom is -0.394 e. The molecule has 1 rings (SSSR count). The fourth-order valence-electron chi connectivity index (χ4n) is 0.791. The fraction of sp³-hybridized carbons (Fsp3) is 0.500. The molecule has 0 radical (unpaired) electrons. The van der Waals surface area contributed by atoms with Gasteiger partial charge in [0.1, 0.15) is 3.70 Å². The van der Waals surface area contributed by atoms with Gasteiger partial charge in [-0.3, -0.25) is 4.68 Å². The molecular formula is C6H9IN2O. The van der Waals surface area contributed by atoms with E-state index in [0.717, 1.165) is 9.39 Å². The van der Waals surface area contributed by atoms with E-state index in [-0.39, 0.29) is 6.61 Å². The van der Waals surface area contributed by atoms with Crippen LogP contribution in [0.15, 0.2) is 6.07 Å². The number of halogens is 1. The SMILES string of the molecule is Cc1cc(I)nn1CCO. The van der Waals surface area contributed by atoms with Gasteiger partial charge in [-0.1, -0.05) is 0 Å². The normalized spacial score (nSPS) is 10.3. The van der Waals surface area contributed by atoms with Crippen LogP contribution in [0.5, 0.6) is 0 Å². The van der Waals surface area contributed by atoms with Gasteiger partial charge in [-0.15, -0.1) is 0 Å². The third kappa shape index (κ3) is 1.69. The molecule has 4 heteroatoms. The van der Waals surface area contributed by atoms with E-state index in [9.17, 15) is 0 Å². The van der Waals surface area contributed by atoms with Crippen LogP contribution in [0.1, 0.15) is 5.69 Å². The molecule has 0 aliphatic rings. The molecule has 0 atom stereocenters. The molecule has 0 spiro atoms. The third-order valence-electron chi connectivity index (χ3n) is 1.26. The highest BCUT2D eigenvalue weighted by atomic mass is 127. The van der Waals surface area contributed by atoms with E-state index < -0.39 is 0 Å². The van der Waals surface area contributed by atoms with Gasteiger partial charge in [0.25, 0.3) is 0 Å². The minimum absolute atomic E-state index is 0.151. The van der Waals surface area contributed by atoms with Gasteiger partial charge in [-0.2, -0.15) is 5.10 Å². The molecule has 0 aromatic carbocycles. The maximum atomic E-state index is 8.59. The second kappa shape index (κ2) is 3.34. The van der Waals surface area contributed by atoms with Gasteiger partial charge in [0.15, 0.2) is 0 Å². The lowest BCUT2D eigenvalue weighted by atomic mass is 10.5. The summed E-state index contributed by atoms with van der Waals surface area (Å²) < 4.78 is 2.77. The van der Waals surface area contributed by atoms with Crippen LogP contribution < -0.4 is 0 Å². The topological polar surface area (TPSA) is 38.0 Å². The number of aliphatic hydroxyl groups is 1. The number of hydrogen-bond donors (Lipinski definition) is 1. The summed E-state index contributed by atoms with van der Waals surface area (Å²) in [6.07, 6.45) is 0. The summed E-state index contributed by atoms with van der Waals surface area (Å²) in [7, 11) is 0. The quantitative estimate of drug-likeness (QED) is 0.790. The van der Waals surface area contributed by atoms with Crippen LogP contribution in [0.2, 0.25) is 0 Å². The van der Waals surface area contributed by atoms with Crippen molar-refractivity contribution >= 4 is 22.6 Å². The van der Waals surface area contributed by atoms with Crippen molar-refractivity contribution in [2.45, 2.75) is 13.5 Å². The van der Waals surface area contributed by atoms with E-state index in [4.69, 9.17) is 5.11 Å². The highest BCUT2D eigenvalue weighted by molar-refractivity contribution is 14.1. The second-order valence-electron chi connectivity index (χ2n) is 2.06. The first-order valence-corrected chi connectivity index (χ1v) is 4.12. The van der Waals surface area contributed by atoms with Gasteiger partial charge in [0, 0.05) is 5.69 Å². The highest BCUT2D eigenvalue weighted by Crippen LogP contribution is 2.04. The molecule has 1 N–H and O–H groups in total. The van der Waals surface area contributed by atoms with Crippen LogP contribution in [-0.2, 0) is 6.54 Å². The lowest BCUT2D eigenvalue weighted by Gasteiger charge is -1.98. The van der Waals surface area contributed by atoms with Gasteiger partial charge in [0.2, 0.25) is 0 Å². The average Bonchev–Trinajstić information content (AvgIpc) is 2.13. The van der Waals surface area contributed by atoms with E-state index in [2.05, 4.69) is 27.7 Å². The maximum absolute atomic E-state index is 8.59. The van der Waals surface area contributed by atoms with Crippen molar-refractivity contribution in [3.63, 3.8) is 0 Å². The lowest BCUT2D eigenvalue weighted by Crippen LogP contribution is -2.05. The summed E-state index contributed by atoms with van der Waals surface area (Å²) in [4.78, 5) is 0. The van der Waals surface area contributed by atoms with Crippen LogP contribution in [0.3, 0.4) is 0 Å². The van der Waals surface area contributed by atoms with E-state index in [1.807, 2.05) is 13.0 Å². The molecular weight excluding hydrogens is 243 g/mol. The summed E-state index contributed by atoms with van der Waals surface area (Å²) in [6, 6.07) is 1.98. The predicted octanol–water partition coefficient (Wildman–Crippen LogP) is 0.788. The molecule has 0 aliphatic carbocycles. The molecule has 10 heavy (non-hydrogen) atoms. The van der Waals surface area contributed by atoms with Crippen molar-refractivity contribution in [1.29, 1.82) is 0 Å². The largest absolute Gasteiger partial charge is 0.394 e. The van der Waals surface area contributed by atoms with Crippen molar-refractivity contribution in [2.75, 3.05) is 6.61 Å². The van der Waals surface area contributed by atoms with Gasteiger partial charge in [-0.25, -0.2) is 0 Å². The van der Waals surface area contributed by atoms with Crippen molar-refractivity contribution in [1.82, 2.24) is 9.78 Å². The molecule has 1 heterocycles. The molecule has 0 bridgehead atoms. The van der Waals surface area contributed by atoms with E-state index in [1.165, 1.54) is 0 Å². The summed E-state index contributed by atoms with van der Waals surface area (Å²) in [5.41, 5.74) is 1.10. The molecule has 0 unspecified atom stereocenters. The Bertz CT molecular complexity index is 222. The number of aryl methyl sites for hydroxylation is 1. The van der Waals surface area contributed by atoms with Crippen molar-refractivity contribution in [3.8, 4) is 0 Å². The van der Waals surface area contributed by atoms with Gasteiger partial charge in [-0.05, 0) is 35.6 Å². The molecule has 0 saturated heterocycles. The first-order valence-electron chi connectivity index (χ1n) is 3.05. The number of aliphatic hydroxyl groups excluding tert-OH is 1. The number of hydrogen-bond acceptors (Lipinski definition) is 2. The summed E-state index contributed by atoms with van der Waals surface area (Å²) in [5, 5.41) is 12.7. The Morgan fingerprint density at radius 3 is 2.90 bits per heavy atom. The zero-order valence-corrected chi connectivity index (χ0v) is 7.87. The maximum Gasteiger partial charge on any atom is 0.123 e. The van der Waals surface area contributed by atoms with Crippen molar-refractivity contribution < 1.29 is 5.11 Å². The van der Waals surface area contributed by atoms with Crippen molar-refractivity contribution in [3.05, 3.63) is 15.5 Å². The van der Waals surface area contributed by atoms with Crippen LogP contribution in [0.4, 0.5) is 0 Å². The van der Waals surface area contributed by atoms with Crippen LogP contribution in [-0.4, -0.2) is 21.5 Å². The van der Waals surface area contributed by atoms with E-state index >= 15 is 0 Å². The summed E-state index contributed by atoms with van der Waals surface area (Å²) in [6.45, 7) is 2.72. The van der Waals surface area contributed by atoms with Crippen LogP contribution in [0, 0.1) is 10.6 Å². The monoisotopic (exact) mass is 252 g/mol. The molecule has 0 saturated carbocycles. The van der Waals surface area contributed by atoms with Crippen LogP contribution >= 0.6 is 22.6 Å². The molecule has 1 aromatic rings. The zero-order valence-electron chi connectivity index (χ0n) is 5.71.